The predicted octanol–water partition coefficient (Wildman–Crippen LogP) is 0.456. The van der Waals surface area contributed by atoms with E-state index in [9.17, 15) is 14.4 Å². The van der Waals surface area contributed by atoms with E-state index in [1.54, 1.807) is 18.3 Å². The molecule has 3 heterocycles. The van der Waals surface area contributed by atoms with Gasteiger partial charge in [0, 0.05) is 56.9 Å². The zero-order chi connectivity index (χ0) is 20.9. The van der Waals surface area contributed by atoms with Gasteiger partial charge in [-0.15, -0.1) is 0 Å². The van der Waals surface area contributed by atoms with Crippen molar-refractivity contribution in [1.29, 1.82) is 0 Å². The van der Waals surface area contributed by atoms with Crippen molar-refractivity contribution in [3.05, 3.63) is 34.7 Å². The van der Waals surface area contributed by atoms with E-state index < -0.39 is 0 Å². The van der Waals surface area contributed by atoms with Gasteiger partial charge in [-0.25, -0.2) is 0 Å². The summed E-state index contributed by atoms with van der Waals surface area (Å²) >= 11 is 0. The normalized spacial score (nSPS) is 24.7. The fourth-order valence-electron chi connectivity index (χ4n) is 4.53. The van der Waals surface area contributed by atoms with Crippen LogP contribution in [-0.4, -0.2) is 77.7 Å². The van der Waals surface area contributed by atoms with Crippen LogP contribution in [0.1, 0.15) is 32.1 Å². The standard InChI is InChI=1S/C22H32N4O4/c27-20(16-25-8-2-1-3-21(25)28)23-14-19-7-6-18(26(19)15-17-4-5-17)13-22(29)24-9-11-30-12-10-24/h1-3,8,17-19H,4-7,9-16H2,(H,23,27)/t18-,19+/m1/s1. The molecule has 8 heteroatoms. The highest BCUT2D eigenvalue weighted by Crippen LogP contribution is 2.35. The number of morpholine rings is 1. The molecule has 0 radical (unpaired) electrons. The van der Waals surface area contributed by atoms with Gasteiger partial charge in [0.15, 0.2) is 0 Å². The quantitative estimate of drug-likeness (QED) is 0.666. The topological polar surface area (TPSA) is 83.9 Å². The first kappa shape index (κ1) is 21.1. The lowest BCUT2D eigenvalue weighted by molar-refractivity contribution is -0.136. The molecule has 30 heavy (non-hydrogen) atoms. The van der Waals surface area contributed by atoms with Gasteiger partial charge in [0.1, 0.15) is 6.54 Å². The Balaban J connectivity index is 1.31. The average molecular weight is 417 g/mol. The molecule has 0 unspecified atom stereocenters. The minimum absolute atomic E-state index is 0.0357. The van der Waals surface area contributed by atoms with E-state index in [1.807, 2.05) is 4.90 Å². The van der Waals surface area contributed by atoms with Crippen molar-refractivity contribution in [2.45, 2.75) is 50.7 Å². The SMILES string of the molecule is O=C(Cn1ccccc1=O)NC[C@@H]1CC[C@H](CC(=O)N2CCOCC2)N1CC1CC1. The molecule has 2 aliphatic heterocycles. The van der Waals surface area contributed by atoms with E-state index in [1.165, 1.54) is 23.5 Å². The maximum atomic E-state index is 12.8. The average Bonchev–Trinajstić information content (AvgIpc) is 3.50. The molecule has 0 bridgehead atoms. The number of carbonyl (C=O) groups is 2. The first-order valence-electron chi connectivity index (χ1n) is 11.1. The van der Waals surface area contributed by atoms with Crippen molar-refractivity contribution >= 4 is 11.8 Å². The number of aromatic nitrogens is 1. The minimum Gasteiger partial charge on any atom is -0.378 e. The Kier molecular flexibility index (Phi) is 6.84. The number of hydrogen-bond donors (Lipinski definition) is 1. The van der Waals surface area contributed by atoms with Gasteiger partial charge in [0.25, 0.3) is 5.56 Å². The maximum Gasteiger partial charge on any atom is 0.250 e. The molecule has 2 atom stereocenters. The van der Waals surface area contributed by atoms with Crippen LogP contribution in [0.5, 0.6) is 0 Å². The van der Waals surface area contributed by atoms with Crippen molar-refractivity contribution in [2.24, 2.45) is 5.92 Å². The first-order valence-corrected chi connectivity index (χ1v) is 11.1. The summed E-state index contributed by atoms with van der Waals surface area (Å²) in [6.07, 6.45) is 6.68. The zero-order valence-electron chi connectivity index (χ0n) is 17.5. The number of carbonyl (C=O) groups excluding carboxylic acids is 2. The fraction of sp³-hybridized carbons (Fsp3) is 0.682. The molecule has 0 aromatic carbocycles. The van der Waals surface area contributed by atoms with Gasteiger partial charge in [-0.05, 0) is 37.7 Å². The van der Waals surface area contributed by atoms with Gasteiger partial charge < -0.3 is 19.5 Å². The fourth-order valence-corrected chi connectivity index (χ4v) is 4.53. The van der Waals surface area contributed by atoms with E-state index in [-0.39, 0.29) is 36.0 Å². The summed E-state index contributed by atoms with van der Waals surface area (Å²) in [6, 6.07) is 5.38. The van der Waals surface area contributed by atoms with Gasteiger partial charge in [-0.1, -0.05) is 6.07 Å². The lowest BCUT2D eigenvalue weighted by Gasteiger charge is -2.33. The zero-order valence-corrected chi connectivity index (χ0v) is 17.5. The number of hydrogen-bond acceptors (Lipinski definition) is 5. The van der Waals surface area contributed by atoms with Crippen molar-refractivity contribution in [1.82, 2.24) is 19.7 Å². The van der Waals surface area contributed by atoms with Crippen LogP contribution in [0.3, 0.4) is 0 Å². The van der Waals surface area contributed by atoms with Gasteiger partial charge >= 0.3 is 0 Å². The third kappa shape index (κ3) is 5.49. The van der Waals surface area contributed by atoms with Crippen molar-refractivity contribution in [3.8, 4) is 0 Å². The minimum atomic E-state index is -0.175. The van der Waals surface area contributed by atoms with Crippen LogP contribution in [0, 0.1) is 5.92 Å². The van der Waals surface area contributed by atoms with Crippen LogP contribution in [-0.2, 0) is 20.9 Å². The Morgan fingerprint density at radius 1 is 1.07 bits per heavy atom. The molecular weight excluding hydrogens is 384 g/mol. The molecule has 1 aromatic heterocycles. The van der Waals surface area contributed by atoms with Crippen LogP contribution in [0.25, 0.3) is 0 Å². The summed E-state index contributed by atoms with van der Waals surface area (Å²) in [7, 11) is 0. The molecule has 4 rings (SSSR count). The monoisotopic (exact) mass is 416 g/mol. The second-order valence-electron chi connectivity index (χ2n) is 8.69. The highest BCUT2D eigenvalue weighted by atomic mass is 16.5. The molecule has 2 saturated heterocycles. The van der Waals surface area contributed by atoms with Gasteiger partial charge in [-0.3, -0.25) is 19.3 Å². The molecule has 1 aromatic rings. The number of rotatable bonds is 8. The second kappa shape index (κ2) is 9.75. The van der Waals surface area contributed by atoms with Crippen molar-refractivity contribution < 1.29 is 14.3 Å². The van der Waals surface area contributed by atoms with Crippen molar-refractivity contribution in [2.75, 3.05) is 39.4 Å². The second-order valence-corrected chi connectivity index (χ2v) is 8.69. The summed E-state index contributed by atoms with van der Waals surface area (Å²) in [5.41, 5.74) is -0.175. The number of amides is 2. The molecule has 8 nitrogen and oxygen atoms in total. The first-order chi connectivity index (χ1) is 14.6. The molecule has 1 saturated carbocycles. The Labute approximate surface area is 177 Å². The number of nitrogens with one attached hydrogen (secondary N) is 1. The summed E-state index contributed by atoms with van der Waals surface area (Å²) < 4.78 is 6.77. The van der Waals surface area contributed by atoms with E-state index in [4.69, 9.17) is 4.74 Å². The molecule has 2 amide bonds. The molecule has 0 spiro atoms. The summed E-state index contributed by atoms with van der Waals surface area (Å²) in [5, 5.41) is 3.01. The lowest BCUT2D eigenvalue weighted by atomic mass is 10.1. The van der Waals surface area contributed by atoms with Crippen molar-refractivity contribution in [3.63, 3.8) is 0 Å². The third-order valence-corrected chi connectivity index (χ3v) is 6.46. The maximum absolute atomic E-state index is 12.8. The Morgan fingerprint density at radius 3 is 2.57 bits per heavy atom. The highest BCUT2D eigenvalue weighted by molar-refractivity contribution is 5.77. The molecule has 164 valence electrons. The Hall–Kier alpha value is -2.19. The van der Waals surface area contributed by atoms with E-state index in [2.05, 4.69) is 10.2 Å². The molecule has 1 N–H and O–H groups in total. The third-order valence-electron chi connectivity index (χ3n) is 6.46. The highest BCUT2D eigenvalue weighted by Gasteiger charge is 2.38. The van der Waals surface area contributed by atoms with E-state index in [0.717, 1.165) is 25.3 Å². The predicted molar refractivity (Wildman–Crippen MR) is 112 cm³/mol. The Morgan fingerprint density at radius 2 is 1.83 bits per heavy atom. The van der Waals surface area contributed by atoms with Crippen LogP contribution in [0.15, 0.2) is 29.2 Å². The number of ether oxygens (including phenoxy) is 1. The largest absolute Gasteiger partial charge is 0.378 e. The van der Waals surface area contributed by atoms with Crippen LogP contribution < -0.4 is 10.9 Å². The molecule has 3 fully saturated rings. The molecular formula is C22H32N4O4. The summed E-state index contributed by atoms with van der Waals surface area (Å²) in [4.78, 5) is 41.3. The van der Waals surface area contributed by atoms with Crippen LogP contribution in [0.2, 0.25) is 0 Å². The number of likely N-dealkylation sites (tertiary alicyclic amines) is 1. The molecule has 3 aliphatic rings. The summed E-state index contributed by atoms with van der Waals surface area (Å²) in [5.74, 6) is 0.796. The van der Waals surface area contributed by atoms with E-state index >= 15 is 0 Å². The number of pyridine rings is 1. The van der Waals surface area contributed by atoms with Gasteiger partial charge in [0.2, 0.25) is 11.8 Å². The Bertz CT molecular complexity index is 800. The van der Waals surface area contributed by atoms with Crippen LogP contribution >= 0.6 is 0 Å². The van der Waals surface area contributed by atoms with E-state index in [0.29, 0.717) is 39.3 Å². The lowest BCUT2D eigenvalue weighted by Crippen LogP contribution is -2.47. The van der Waals surface area contributed by atoms with Gasteiger partial charge in [0.05, 0.1) is 13.2 Å². The smallest absolute Gasteiger partial charge is 0.250 e. The van der Waals surface area contributed by atoms with Gasteiger partial charge in [-0.2, -0.15) is 0 Å². The number of nitrogens with zero attached hydrogens (tertiary/aromatic N) is 3. The van der Waals surface area contributed by atoms with Crippen LogP contribution in [0.4, 0.5) is 0 Å². The summed E-state index contributed by atoms with van der Waals surface area (Å²) in [6.45, 7) is 4.24. The molecule has 1 aliphatic carbocycles.